The van der Waals surface area contributed by atoms with E-state index in [1.54, 1.807) is 11.3 Å². The third-order valence-electron chi connectivity index (χ3n) is 3.71. The summed E-state index contributed by atoms with van der Waals surface area (Å²) in [6, 6.07) is 4.12. The monoisotopic (exact) mass is 282 g/mol. The van der Waals surface area contributed by atoms with Crippen molar-refractivity contribution in [3.05, 3.63) is 22.4 Å². The van der Waals surface area contributed by atoms with Crippen molar-refractivity contribution in [2.45, 2.75) is 38.6 Å². The first-order chi connectivity index (χ1) is 8.60. The third kappa shape index (κ3) is 2.29. The highest BCUT2D eigenvalue weighted by molar-refractivity contribution is 7.80. The number of carbonyl (C=O) groups excluding carboxylic acids is 1. The second-order valence-electron chi connectivity index (χ2n) is 4.75. The van der Waals surface area contributed by atoms with Crippen LogP contribution in [0.2, 0.25) is 0 Å². The highest BCUT2D eigenvalue weighted by Crippen LogP contribution is 2.42. The summed E-state index contributed by atoms with van der Waals surface area (Å²) >= 11 is 6.73. The molecule has 1 saturated carbocycles. The van der Waals surface area contributed by atoms with Gasteiger partial charge in [-0.15, -0.1) is 11.3 Å². The Kier molecular flexibility index (Phi) is 4.02. The number of carbonyl (C=O) groups is 1. The zero-order chi connectivity index (χ0) is 13.2. The molecule has 1 aromatic rings. The molecule has 0 saturated heterocycles. The van der Waals surface area contributed by atoms with E-state index in [2.05, 4.69) is 12.2 Å². The van der Waals surface area contributed by atoms with Crippen LogP contribution in [-0.2, 0) is 4.79 Å². The fourth-order valence-corrected chi connectivity index (χ4v) is 3.43. The second kappa shape index (κ2) is 5.36. The van der Waals surface area contributed by atoms with Gasteiger partial charge in [0.15, 0.2) is 0 Å². The lowest BCUT2D eigenvalue weighted by atomic mass is 9.68. The first-order valence-electron chi connectivity index (χ1n) is 6.24. The molecule has 0 aliphatic heterocycles. The summed E-state index contributed by atoms with van der Waals surface area (Å²) in [5.74, 6) is 0.00139. The minimum Gasteiger partial charge on any atom is -0.392 e. The lowest BCUT2D eigenvalue weighted by Crippen LogP contribution is -2.53. The van der Waals surface area contributed by atoms with Gasteiger partial charge in [-0.2, -0.15) is 0 Å². The van der Waals surface area contributed by atoms with Crippen molar-refractivity contribution in [2.24, 2.45) is 11.1 Å². The quantitative estimate of drug-likeness (QED) is 0.817. The Bertz CT molecular complexity index is 438. The fourth-order valence-electron chi connectivity index (χ4n) is 2.28. The molecule has 1 aliphatic rings. The summed E-state index contributed by atoms with van der Waals surface area (Å²) in [4.78, 5) is 13.9. The van der Waals surface area contributed by atoms with Gasteiger partial charge in [0.2, 0.25) is 5.91 Å². The van der Waals surface area contributed by atoms with Crippen molar-refractivity contribution in [3.63, 3.8) is 0 Å². The number of rotatable bonds is 5. The molecule has 0 bridgehead atoms. The molecule has 1 aliphatic carbocycles. The molecule has 3 N–H and O–H groups in total. The van der Waals surface area contributed by atoms with E-state index in [0.717, 1.165) is 25.7 Å². The molecule has 5 heteroatoms. The Morgan fingerprint density at radius 3 is 2.78 bits per heavy atom. The number of nitrogens with two attached hydrogens (primary N) is 1. The summed E-state index contributed by atoms with van der Waals surface area (Å²) in [6.07, 6.45) is 3.48. The zero-order valence-electron chi connectivity index (χ0n) is 10.4. The SMILES string of the molecule is CCC(NC(=O)C1(C(N)=S)CCC1)c1cccs1. The lowest BCUT2D eigenvalue weighted by Gasteiger charge is -2.40. The van der Waals surface area contributed by atoms with Gasteiger partial charge in [0.25, 0.3) is 0 Å². The minimum atomic E-state index is -0.583. The van der Waals surface area contributed by atoms with Crippen LogP contribution in [0, 0.1) is 5.41 Å². The summed E-state index contributed by atoms with van der Waals surface area (Å²) in [6.45, 7) is 2.07. The molecule has 98 valence electrons. The van der Waals surface area contributed by atoms with Crippen LogP contribution in [0.1, 0.15) is 43.5 Å². The molecule has 1 amide bonds. The van der Waals surface area contributed by atoms with Crippen molar-refractivity contribution < 1.29 is 4.79 Å². The van der Waals surface area contributed by atoms with Crippen LogP contribution in [0.5, 0.6) is 0 Å². The topological polar surface area (TPSA) is 55.1 Å². The number of nitrogens with one attached hydrogen (secondary N) is 1. The minimum absolute atomic E-state index is 0.00139. The average molecular weight is 282 g/mol. The summed E-state index contributed by atoms with van der Waals surface area (Å²) < 4.78 is 0. The lowest BCUT2D eigenvalue weighted by molar-refractivity contribution is -0.131. The van der Waals surface area contributed by atoms with Gasteiger partial charge in [-0.1, -0.05) is 31.6 Å². The van der Waals surface area contributed by atoms with Crippen LogP contribution in [-0.4, -0.2) is 10.9 Å². The molecule has 0 spiro atoms. The molecule has 1 unspecified atom stereocenters. The van der Waals surface area contributed by atoms with E-state index >= 15 is 0 Å². The number of amides is 1. The molecule has 18 heavy (non-hydrogen) atoms. The normalized spacial score (nSPS) is 18.7. The summed E-state index contributed by atoms with van der Waals surface area (Å²) in [5, 5.41) is 5.12. The molecule has 0 aromatic carbocycles. The fraction of sp³-hybridized carbons (Fsp3) is 0.538. The molecule has 1 fully saturated rings. The molecular weight excluding hydrogens is 264 g/mol. The van der Waals surface area contributed by atoms with Crippen LogP contribution in [0.15, 0.2) is 17.5 Å². The maximum absolute atomic E-state index is 12.4. The first-order valence-corrected chi connectivity index (χ1v) is 7.53. The van der Waals surface area contributed by atoms with E-state index in [0.29, 0.717) is 4.99 Å². The van der Waals surface area contributed by atoms with E-state index in [-0.39, 0.29) is 11.9 Å². The zero-order valence-corrected chi connectivity index (χ0v) is 12.1. The van der Waals surface area contributed by atoms with E-state index in [9.17, 15) is 4.79 Å². The van der Waals surface area contributed by atoms with Crippen molar-refractivity contribution in [1.82, 2.24) is 5.32 Å². The molecule has 1 heterocycles. The van der Waals surface area contributed by atoms with E-state index < -0.39 is 5.41 Å². The third-order valence-corrected chi connectivity index (χ3v) is 5.09. The van der Waals surface area contributed by atoms with Gasteiger partial charge >= 0.3 is 0 Å². The standard InChI is InChI=1S/C13H18N2OS2/c1-2-9(10-5-3-8-18-10)15-12(16)13(11(14)17)6-4-7-13/h3,5,8-9H,2,4,6-7H2,1H3,(H2,14,17)(H,15,16). The predicted molar refractivity (Wildman–Crippen MR) is 78.6 cm³/mol. The smallest absolute Gasteiger partial charge is 0.233 e. The second-order valence-corrected chi connectivity index (χ2v) is 6.17. The predicted octanol–water partition coefficient (Wildman–Crippen LogP) is 2.77. The van der Waals surface area contributed by atoms with Gasteiger partial charge < -0.3 is 11.1 Å². The molecule has 3 nitrogen and oxygen atoms in total. The summed E-state index contributed by atoms with van der Waals surface area (Å²) in [5.41, 5.74) is 5.16. The maximum atomic E-state index is 12.4. The van der Waals surface area contributed by atoms with Crippen molar-refractivity contribution in [3.8, 4) is 0 Å². The van der Waals surface area contributed by atoms with E-state index in [1.807, 2.05) is 17.5 Å². The van der Waals surface area contributed by atoms with Gasteiger partial charge in [-0.3, -0.25) is 4.79 Å². The van der Waals surface area contributed by atoms with Gasteiger partial charge in [-0.05, 0) is 30.7 Å². The summed E-state index contributed by atoms with van der Waals surface area (Å²) in [7, 11) is 0. The van der Waals surface area contributed by atoms with Gasteiger partial charge in [0.05, 0.1) is 16.4 Å². The number of hydrogen-bond acceptors (Lipinski definition) is 3. The molecule has 0 radical (unpaired) electrons. The Morgan fingerprint density at radius 2 is 2.39 bits per heavy atom. The molecule has 1 aromatic heterocycles. The molecular formula is C13H18N2OS2. The van der Waals surface area contributed by atoms with Crippen LogP contribution in [0.3, 0.4) is 0 Å². The van der Waals surface area contributed by atoms with Crippen LogP contribution >= 0.6 is 23.6 Å². The van der Waals surface area contributed by atoms with Crippen molar-refractivity contribution >= 4 is 34.5 Å². The van der Waals surface area contributed by atoms with Crippen LogP contribution in [0.25, 0.3) is 0 Å². The average Bonchev–Trinajstić information content (AvgIpc) is 2.76. The molecule has 2 rings (SSSR count). The Morgan fingerprint density at radius 1 is 1.67 bits per heavy atom. The largest absolute Gasteiger partial charge is 0.392 e. The number of hydrogen-bond donors (Lipinski definition) is 2. The van der Waals surface area contributed by atoms with Crippen LogP contribution < -0.4 is 11.1 Å². The van der Waals surface area contributed by atoms with E-state index in [1.165, 1.54) is 4.88 Å². The number of thiocarbonyl (C=S) groups is 1. The Balaban J connectivity index is 2.08. The van der Waals surface area contributed by atoms with Crippen LogP contribution in [0.4, 0.5) is 0 Å². The molecule has 1 atom stereocenters. The van der Waals surface area contributed by atoms with Crippen molar-refractivity contribution in [1.29, 1.82) is 0 Å². The van der Waals surface area contributed by atoms with Gasteiger partial charge in [0.1, 0.15) is 0 Å². The maximum Gasteiger partial charge on any atom is 0.233 e. The van der Waals surface area contributed by atoms with E-state index in [4.69, 9.17) is 18.0 Å². The van der Waals surface area contributed by atoms with Crippen molar-refractivity contribution in [2.75, 3.05) is 0 Å². The van der Waals surface area contributed by atoms with Gasteiger partial charge in [-0.25, -0.2) is 0 Å². The Labute approximate surface area is 117 Å². The highest BCUT2D eigenvalue weighted by Gasteiger charge is 2.47. The van der Waals surface area contributed by atoms with Gasteiger partial charge in [0, 0.05) is 4.88 Å². The highest BCUT2D eigenvalue weighted by atomic mass is 32.1. The Hall–Kier alpha value is -0.940. The number of thiophene rings is 1. The first kappa shape index (κ1) is 13.5.